The fourth-order valence-corrected chi connectivity index (χ4v) is 6.88. The summed E-state index contributed by atoms with van der Waals surface area (Å²) in [6.45, 7) is 0. The summed E-state index contributed by atoms with van der Waals surface area (Å²) < 4.78 is 5.38. The van der Waals surface area contributed by atoms with Gasteiger partial charge < -0.3 is 4.74 Å². The van der Waals surface area contributed by atoms with Gasteiger partial charge in [-0.1, -0.05) is 50.1 Å². The molecule has 1 aliphatic heterocycles. The predicted molar refractivity (Wildman–Crippen MR) is 114 cm³/mol. The second-order valence-corrected chi connectivity index (χ2v) is 9.88. The van der Waals surface area contributed by atoms with Crippen LogP contribution in [0.5, 0.6) is 5.75 Å². The van der Waals surface area contributed by atoms with E-state index in [0.717, 1.165) is 6.42 Å². The molecule has 3 aliphatic rings. The lowest BCUT2D eigenvalue weighted by atomic mass is 9.81. The highest BCUT2D eigenvalue weighted by Gasteiger charge is 2.66. The van der Waals surface area contributed by atoms with E-state index in [1.54, 1.807) is 48.5 Å². The van der Waals surface area contributed by atoms with E-state index in [2.05, 4.69) is 31.9 Å². The first-order valence-electron chi connectivity index (χ1n) is 9.50. The third kappa shape index (κ3) is 2.89. The minimum Gasteiger partial charge on any atom is -0.423 e. The first-order chi connectivity index (χ1) is 14.0. The topological polar surface area (TPSA) is 63.7 Å². The van der Waals surface area contributed by atoms with E-state index < -0.39 is 5.97 Å². The molecule has 148 valence electrons. The first kappa shape index (κ1) is 19.0. The minimum atomic E-state index is -0.454. The summed E-state index contributed by atoms with van der Waals surface area (Å²) in [7, 11) is 0. The van der Waals surface area contributed by atoms with Gasteiger partial charge in [-0.15, -0.1) is 0 Å². The number of carbonyl (C=O) groups excluding carboxylic acids is 3. The van der Waals surface area contributed by atoms with Gasteiger partial charge in [0.2, 0.25) is 11.8 Å². The van der Waals surface area contributed by atoms with Crippen LogP contribution < -0.4 is 9.64 Å². The average Bonchev–Trinajstić information content (AvgIpc) is 3.34. The smallest absolute Gasteiger partial charge is 0.343 e. The van der Waals surface area contributed by atoms with E-state index >= 15 is 0 Å². The summed E-state index contributed by atoms with van der Waals surface area (Å²) >= 11 is 7.39. The van der Waals surface area contributed by atoms with Crippen molar-refractivity contribution in [2.45, 2.75) is 16.1 Å². The Labute approximate surface area is 184 Å². The molecular formula is C22H17Br2NO4. The van der Waals surface area contributed by atoms with Gasteiger partial charge in [0.1, 0.15) is 5.75 Å². The Kier molecular flexibility index (Phi) is 4.62. The van der Waals surface area contributed by atoms with Crippen molar-refractivity contribution in [3.63, 3.8) is 0 Å². The Morgan fingerprint density at radius 1 is 0.862 bits per heavy atom. The van der Waals surface area contributed by atoms with E-state index in [-0.39, 0.29) is 45.1 Å². The van der Waals surface area contributed by atoms with Crippen LogP contribution >= 0.6 is 31.9 Å². The van der Waals surface area contributed by atoms with Crippen LogP contribution in [0.15, 0.2) is 54.6 Å². The highest BCUT2D eigenvalue weighted by molar-refractivity contribution is 9.12. The standard InChI is InChI=1S/C22H17Br2NO4/c23-18-14-10-15(19(18)24)17-16(14)20(26)25(21(17)27)12-6-8-13(9-7-12)29-22(28)11-4-2-1-3-5-11/h1-9,14-19H,10H2/t14-,15-,16-,17+,18-,19+/m1/s1. The third-order valence-corrected chi connectivity index (χ3v) is 9.51. The van der Waals surface area contributed by atoms with Crippen LogP contribution in [0.1, 0.15) is 16.8 Å². The Morgan fingerprint density at radius 3 is 1.97 bits per heavy atom. The summed E-state index contributed by atoms with van der Waals surface area (Å²) in [5, 5.41) is 0. The number of ether oxygens (including phenoxy) is 1. The lowest BCUT2D eigenvalue weighted by Crippen LogP contribution is -2.37. The maximum absolute atomic E-state index is 13.1. The molecule has 1 saturated heterocycles. The number of halogens is 2. The number of rotatable bonds is 3. The molecule has 2 aromatic carbocycles. The molecule has 5 nitrogen and oxygen atoms in total. The number of imide groups is 1. The summed E-state index contributed by atoms with van der Waals surface area (Å²) in [5.74, 6) is -0.463. The largest absolute Gasteiger partial charge is 0.423 e. The summed E-state index contributed by atoms with van der Waals surface area (Å²) in [5.41, 5.74) is 0.976. The molecule has 2 amide bonds. The molecule has 0 aromatic heterocycles. The van der Waals surface area contributed by atoms with Crippen molar-refractivity contribution < 1.29 is 19.1 Å². The molecule has 0 spiro atoms. The van der Waals surface area contributed by atoms with Crippen LogP contribution in [0.4, 0.5) is 5.69 Å². The summed E-state index contributed by atoms with van der Waals surface area (Å²) in [6, 6.07) is 15.3. The second kappa shape index (κ2) is 7.06. The molecular weight excluding hydrogens is 502 g/mol. The lowest BCUT2D eigenvalue weighted by molar-refractivity contribution is -0.123. The van der Waals surface area contributed by atoms with Gasteiger partial charge in [-0.05, 0) is 54.7 Å². The van der Waals surface area contributed by atoms with Crippen LogP contribution in [0, 0.1) is 23.7 Å². The van der Waals surface area contributed by atoms with Gasteiger partial charge in [-0.25, -0.2) is 4.79 Å². The van der Waals surface area contributed by atoms with Gasteiger partial charge in [0.25, 0.3) is 0 Å². The number of esters is 1. The van der Waals surface area contributed by atoms with Crippen LogP contribution in [0.25, 0.3) is 0 Å². The number of alkyl halides is 2. The maximum Gasteiger partial charge on any atom is 0.343 e. The minimum absolute atomic E-state index is 0.120. The quantitative estimate of drug-likeness (QED) is 0.264. The van der Waals surface area contributed by atoms with E-state index in [1.807, 2.05) is 6.07 Å². The van der Waals surface area contributed by atoms with Crippen molar-refractivity contribution in [1.29, 1.82) is 0 Å². The zero-order chi connectivity index (χ0) is 20.3. The molecule has 2 bridgehead atoms. The Balaban J connectivity index is 1.35. The first-order valence-corrected chi connectivity index (χ1v) is 11.3. The monoisotopic (exact) mass is 517 g/mol. The summed E-state index contributed by atoms with van der Waals surface area (Å²) in [4.78, 5) is 40.1. The summed E-state index contributed by atoms with van der Waals surface area (Å²) in [6.07, 6.45) is 0.904. The molecule has 7 heteroatoms. The lowest BCUT2D eigenvalue weighted by Gasteiger charge is -2.28. The fraction of sp³-hybridized carbons (Fsp3) is 0.318. The molecule has 0 unspecified atom stereocenters. The number of fused-ring (bicyclic) bond motifs is 5. The van der Waals surface area contributed by atoms with E-state index in [0.29, 0.717) is 17.0 Å². The van der Waals surface area contributed by atoms with Crippen LogP contribution in [0.3, 0.4) is 0 Å². The number of nitrogens with zero attached hydrogens (tertiary/aromatic N) is 1. The van der Waals surface area contributed by atoms with Crippen LogP contribution in [-0.4, -0.2) is 27.4 Å². The molecule has 29 heavy (non-hydrogen) atoms. The van der Waals surface area contributed by atoms with Crippen molar-refractivity contribution in [2.24, 2.45) is 23.7 Å². The molecule has 1 heterocycles. The molecule has 2 saturated carbocycles. The zero-order valence-electron chi connectivity index (χ0n) is 15.2. The molecule has 3 fully saturated rings. The van der Waals surface area contributed by atoms with Crippen LogP contribution in [-0.2, 0) is 9.59 Å². The number of benzene rings is 2. The number of hydrogen-bond donors (Lipinski definition) is 0. The Hall–Kier alpha value is -1.99. The molecule has 5 rings (SSSR count). The van der Waals surface area contributed by atoms with E-state index in [4.69, 9.17) is 4.74 Å². The van der Waals surface area contributed by atoms with Crippen molar-refractivity contribution in [3.05, 3.63) is 60.2 Å². The van der Waals surface area contributed by atoms with Gasteiger partial charge in [-0.3, -0.25) is 14.5 Å². The maximum atomic E-state index is 13.1. The van der Waals surface area contributed by atoms with Crippen molar-refractivity contribution in [1.82, 2.24) is 0 Å². The molecule has 6 atom stereocenters. The normalized spacial score (nSPS) is 32.6. The van der Waals surface area contributed by atoms with Crippen molar-refractivity contribution >= 4 is 55.3 Å². The predicted octanol–water partition coefficient (Wildman–Crippen LogP) is 4.19. The number of amides is 2. The van der Waals surface area contributed by atoms with Gasteiger partial charge >= 0.3 is 5.97 Å². The molecule has 2 aromatic rings. The van der Waals surface area contributed by atoms with Gasteiger partial charge in [0, 0.05) is 9.65 Å². The van der Waals surface area contributed by atoms with Crippen molar-refractivity contribution in [2.75, 3.05) is 4.90 Å². The van der Waals surface area contributed by atoms with Crippen molar-refractivity contribution in [3.8, 4) is 5.75 Å². The second-order valence-electron chi connectivity index (χ2n) is 7.77. The van der Waals surface area contributed by atoms with E-state index in [1.165, 1.54) is 4.90 Å². The number of anilines is 1. The van der Waals surface area contributed by atoms with Crippen LogP contribution in [0.2, 0.25) is 0 Å². The third-order valence-electron chi connectivity index (χ3n) is 6.30. The van der Waals surface area contributed by atoms with Gasteiger partial charge in [-0.2, -0.15) is 0 Å². The number of carbonyl (C=O) groups is 3. The number of hydrogen-bond acceptors (Lipinski definition) is 4. The van der Waals surface area contributed by atoms with Gasteiger partial charge in [0.05, 0.1) is 23.1 Å². The van der Waals surface area contributed by atoms with Gasteiger partial charge in [0.15, 0.2) is 0 Å². The Bertz CT molecular complexity index is 962. The Morgan fingerprint density at radius 2 is 1.41 bits per heavy atom. The fourth-order valence-electron chi connectivity index (χ4n) is 5.01. The highest BCUT2D eigenvalue weighted by atomic mass is 79.9. The highest BCUT2D eigenvalue weighted by Crippen LogP contribution is 2.60. The molecule has 0 radical (unpaired) electrons. The molecule has 2 aliphatic carbocycles. The molecule has 0 N–H and O–H groups in total. The van der Waals surface area contributed by atoms with E-state index in [9.17, 15) is 14.4 Å². The zero-order valence-corrected chi connectivity index (χ0v) is 18.4. The SMILES string of the molecule is O=C(Oc1ccc(N2C(=O)[C@@H]3[C@H]4C[C@@H]([C@H](Br)[C@@H]4Br)[C@@H]3C2=O)cc1)c1ccccc1. The average molecular weight is 519 g/mol.